The van der Waals surface area contributed by atoms with E-state index in [1.54, 1.807) is 4.52 Å². The van der Waals surface area contributed by atoms with Gasteiger partial charge in [-0.3, -0.25) is 4.79 Å². The lowest BCUT2D eigenvalue weighted by atomic mass is 10.1. The molecule has 0 aliphatic rings. The molecule has 1 aromatic carbocycles. The van der Waals surface area contributed by atoms with E-state index in [1.807, 2.05) is 57.2 Å². The monoisotopic (exact) mass is 295 g/mol. The molecule has 2 aromatic heterocycles. The summed E-state index contributed by atoms with van der Waals surface area (Å²) in [5.74, 6) is 0.713. The number of amides is 1. The summed E-state index contributed by atoms with van der Waals surface area (Å²) in [4.78, 5) is 11.7. The second kappa shape index (κ2) is 5.55. The van der Waals surface area contributed by atoms with Crippen molar-refractivity contribution in [1.82, 2.24) is 19.8 Å². The minimum Gasteiger partial charge on any atom is -0.326 e. The summed E-state index contributed by atoms with van der Waals surface area (Å²) in [6.45, 7) is 5.59. The van der Waals surface area contributed by atoms with Gasteiger partial charge >= 0.3 is 0 Å². The number of carbonyl (C=O) groups is 1. The third-order valence-corrected chi connectivity index (χ3v) is 3.39. The first-order chi connectivity index (χ1) is 10.5. The predicted octanol–water partition coefficient (Wildman–Crippen LogP) is 2.69. The largest absolute Gasteiger partial charge is 0.326 e. The fourth-order valence-electron chi connectivity index (χ4n) is 2.06. The van der Waals surface area contributed by atoms with Crippen LogP contribution in [0.5, 0.6) is 0 Å². The average Bonchev–Trinajstić information content (AvgIpc) is 2.89. The van der Waals surface area contributed by atoms with Gasteiger partial charge in [0.15, 0.2) is 11.5 Å². The van der Waals surface area contributed by atoms with E-state index in [0.29, 0.717) is 0 Å². The van der Waals surface area contributed by atoms with Crippen LogP contribution in [0.1, 0.15) is 19.7 Å². The summed E-state index contributed by atoms with van der Waals surface area (Å²) >= 11 is 0. The van der Waals surface area contributed by atoms with Gasteiger partial charge in [0, 0.05) is 17.2 Å². The minimum atomic E-state index is -0.0412. The second-order valence-corrected chi connectivity index (χ2v) is 5.46. The molecule has 0 fully saturated rings. The van der Waals surface area contributed by atoms with Gasteiger partial charge in [0.2, 0.25) is 5.91 Å². The highest BCUT2D eigenvalue weighted by Gasteiger charge is 2.08. The van der Waals surface area contributed by atoms with Gasteiger partial charge in [-0.15, -0.1) is 10.2 Å². The Bertz CT molecular complexity index is 820. The molecule has 1 amide bonds. The van der Waals surface area contributed by atoms with Crippen LogP contribution in [0.2, 0.25) is 0 Å². The molecule has 0 saturated carbocycles. The van der Waals surface area contributed by atoms with E-state index in [2.05, 4.69) is 20.6 Å². The van der Waals surface area contributed by atoms with Gasteiger partial charge in [-0.2, -0.15) is 9.61 Å². The Morgan fingerprint density at radius 2 is 1.82 bits per heavy atom. The molecule has 0 aliphatic heterocycles. The molecule has 0 atom stereocenters. The van der Waals surface area contributed by atoms with Crippen LogP contribution < -0.4 is 5.32 Å². The van der Waals surface area contributed by atoms with E-state index in [0.717, 1.165) is 28.4 Å². The lowest BCUT2D eigenvalue weighted by molar-refractivity contribution is -0.118. The highest BCUT2D eigenvalue weighted by Crippen LogP contribution is 2.20. The first-order valence-corrected chi connectivity index (χ1v) is 7.15. The number of nitrogens with one attached hydrogen (secondary N) is 1. The molecule has 0 saturated heterocycles. The fraction of sp³-hybridized carbons (Fsp3) is 0.250. The molecular formula is C16H17N5O. The number of rotatable bonds is 3. The molecule has 0 unspecified atom stereocenters. The molecule has 2 heterocycles. The van der Waals surface area contributed by atoms with Crippen LogP contribution in [0.15, 0.2) is 36.4 Å². The number of hydrogen-bond donors (Lipinski definition) is 1. The molecule has 0 bridgehead atoms. The molecule has 22 heavy (non-hydrogen) atoms. The maximum Gasteiger partial charge on any atom is 0.226 e. The molecule has 3 aromatic rings. The van der Waals surface area contributed by atoms with E-state index in [-0.39, 0.29) is 11.8 Å². The van der Waals surface area contributed by atoms with Gasteiger partial charge in [0.05, 0.1) is 5.69 Å². The molecule has 0 aliphatic carbocycles. The lowest BCUT2D eigenvalue weighted by Crippen LogP contribution is -2.17. The summed E-state index contributed by atoms with van der Waals surface area (Å²) in [7, 11) is 0. The van der Waals surface area contributed by atoms with Gasteiger partial charge in [0.25, 0.3) is 0 Å². The van der Waals surface area contributed by atoms with Gasteiger partial charge in [-0.1, -0.05) is 26.0 Å². The Morgan fingerprint density at radius 1 is 1.09 bits per heavy atom. The summed E-state index contributed by atoms with van der Waals surface area (Å²) in [5.41, 5.74) is 3.31. The molecule has 3 rings (SSSR count). The topological polar surface area (TPSA) is 72.2 Å². The maximum absolute atomic E-state index is 11.7. The Balaban J connectivity index is 1.87. The van der Waals surface area contributed by atoms with Crippen molar-refractivity contribution in [3.8, 4) is 11.3 Å². The Labute approximate surface area is 128 Å². The van der Waals surface area contributed by atoms with Crippen LogP contribution in [-0.2, 0) is 4.79 Å². The predicted molar refractivity (Wildman–Crippen MR) is 84.4 cm³/mol. The lowest BCUT2D eigenvalue weighted by Gasteiger charge is -2.08. The molecule has 6 heteroatoms. The van der Waals surface area contributed by atoms with Crippen molar-refractivity contribution in [2.24, 2.45) is 5.92 Å². The first-order valence-electron chi connectivity index (χ1n) is 7.15. The number of benzene rings is 1. The summed E-state index contributed by atoms with van der Waals surface area (Å²) in [5, 5.41) is 15.4. The number of aromatic nitrogens is 4. The molecule has 0 spiro atoms. The van der Waals surface area contributed by atoms with Crippen molar-refractivity contribution >= 4 is 17.2 Å². The minimum absolute atomic E-state index is 0.00686. The average molecular weight is 295 g/mol. The van der Waals surface area contributed by atoms with Crippen molar-refractivity contribution in [3.05, 3.63) is 42.2 Å². The number of nitrogens with zero attached hydrogens (tertiary/aromatic N) is 4. The van der Waals surface area contributed by atoms with Gasteiger partial charge in [-0.05, 0) is 31.2 Å². The zero-order chi connectivity index (χ0) is 15.7. The van der Waals surface area contributed by atoms with E-state index in [1.165, 1.54) is 0 Å². The van der Waals surface area contributed by atoms with Crippen molar-refractivity contribution < 1.29 is 4.79 Å². The van der Waals surface area contributed by atoms with Crippen molar-refractivity contribution in [1.29, 1.82) is 0 Å². The number of carbonyl (C=O) groups excluding carboxylic acids is 1. The Hall–Kier alpha value is -2.76. The van der Waals surface area contributed by atoms with Crippen molar-refractivity contribution in [2.45, 2.75) is 20.8 Å². The van der Waals surface area contributed by atoms with Crippen LogP contribution >= 0.6 is 0 Å². The molecule has 0 radical (unpaired) electrons. The van der Waals surface area contributed by atoms with E-state index < -0.39 is 0 Å². The second-order valence-electron chi connectivity index (χ2n) is 5.46. The number of fused-ring (bicyclic) bond motifs is 1. The summed E-state index contributed by atoms with van der Waals surface area (Å²) < 4.78 is 1.71. The first kappa shape index (κ1) is 14.2. The maximum atomic E-state index is 11.7. The normalized spacial score (nSPS) is 11.1. The van der Waals surface area contributed by atoms with Crippen LogP contribution in [0.25, 0.3) is 16.9 Å². The SMILES string of the molecule is Cc1nnc2ccc(-c3ccc(NC(=O)C(C)C)cc3)nn12. The van der Waals surface area contributed by atoms with Gasteiger partial charge in [-0.25, -0.2) is 0 Å². The third kappa shape index (κ3) is 2.67. The van der Waals surface area contributed by atoms with Crippen LogP contribution in [0.3, 0.4) is 0 Å². The van der Waals surface area contributed by atoms with Crippen LogP contribution in [0.4, 0.5) is 5.69 Å². The summed E-state index contributed by atoms with van der Waals surface area (Å²) in [6, 6.07) is 11.4. The highest BCUT2D eigenvalue weighted by molar-refractivity contribution is 5.92. The van der Waals surface area contributed by atoms with Crippen molar-refractivity contribution in [3.63, 3.8) is 0 Å². The molecule has 6 nitrogen and oxygen atoms in total. The van der Waals surface area contributed by atoms with E-state index >= 15 is 0 Å². The van der Waals surface area contributed by atoms with Crippen molar-refractivity contribution in [2.75, 3.05) is 5.32 Å². The van der Waals surface area contributed by atoms with Gasteiger partial charge < -0.3 is 5.32 Å². The number of aryl methyl sites for hydroxylation is 1. The zero-order valence-corrected chi connectivity index (χ0v) is 12.7. The molecular weight excluding hydrogens is 278 g/mol. The zero-order valence-electron chi connectivity index (χ0n) is 12.7. The summed E-state index contributed by atoms with van der Waals surface area (Å²) in [6.07, 6.45) is 0. The smallest absolute Gasteiger partial charge is 0.226 e. The quantitative estimate of drug-likeness (QED) is 0.806. The highest BCUT2D eigenvalue weighted by atomic mass is 16.1. The van der Waals surface area contributed by atoms with E-state index in [9.17, 15) is 4.79 Å². The molecule has 1 N–H and O–H groups in total. The van der Waals surface area contributed by atoms with Gasteiger partial charge in [0.1, 0.15) is 0 Å². The number of anilines is 1. The Morgan fingerprint density at radius 3 is 2.50 bits per heavy atom. The van der Waals surface area contributed by atoms with E-state index in [4.69, 9.17) is 0 Å². The molecule has 112 valence electrons. The number of hydrogen-bond acceptors (Lipinski definition) is 4. The van der Waals surface area contributed by atoms with Crippen LogP contribution in [0, 0.1) is 12.8 Å². The van der Waals surface area contributed by atoms with Crippen LogP contribution in [-0.4, -0.2) is 25.7 Å². The fourth-order valence-corrected chi connectivity index (χ4v) is 2.06. The third-order valence-electron chi connectivity index (χ3n) is 3.39. The standard InChI is InChI=1S/C16H17N5O/c1-10(2)16(22)17-13-6-4-12(5-7-13)14-8-9-15-19-18-11(3)21(15)20-14/h4-10H,1-3H3,(H,17,22). The Kier molecular flexibility index (Phi) is 3.58.